The Morgan fingerprint density at radius 1 is 1.34 bits per heavy atom. The van der Waals surface area contributed by atoms with E-state index in [9.17, 15) is 18.4 Å². The van der Waals surface area contributed by atoms with Gasteiger partial charge in [0.05, 0.1) is 12.7 Å². The average Bonchev–Trinajstić information content (AvgIpc) is 2.82. The number of hydrogen-bond acceptors (Lipinski definition) is 5. The van der Waals surface area contributed by atoms with E-state index in [1.54, 1.807) is 5.32 Å². The number of ether oxygens (including phenoxy) is 1. The molecule has 10 heteroatoms. The number of allylic oxidation sites excluding steroid dienone is 3. The summed E-state index contributed by atoms with van der Waals surface area (Å²) in [7, 11) is 1.46. The Morgan fingerprint density at radius 2 is 2.09 bits per heavy atom. The molecule has 8 nitrogen and oxygen atoms in total. The standard InChI is InChI=1S/C22H25F2N5O3/c1-3-22(23,24)19(25)17(14-28-16-7-5-4-6-8-16)21(31)27-12-11-26-20(30)15-9-10-18(32-2)29-13-15/h3-7,9-10,13-14,16,25,28H,1,8,11-12H2,2H3,(H,26,30)(H,27,31)/p+1/b17-14+,25-19?. The van der Waals surface area contributed by atoms with Crippen molar-refractivity contribution in [1.29, 1.82) is 5.41 Å². The van der Waals surface area contributed by atoms with Gasteiger partial charge >= 0.3 is 5.92 Å². The molecule has 0 aromatic carbocycles. The van der Waals surface area contributed by atoms with Gasteiger partial charge in [-0.2, -0.15) is 8.78 Å². The summed E-state index contributed by atoms with van der Waals surface area (Å²) < 4.78 is 32.9. The summed E-state index contributed by atoms with van der Waals surface area (Å²) in [6, 6.07) is 3.00. The van der Waals surface area contributed by atoms with Crippen LogP contribution in [-0.4, -0.2) is 54.7 Å². The van der Waals surface area contributed by atoms with Crippen molar-refractivity contribution < 1.29 is 28.4 Å². The molecular weight excluding hydrogens is 420 g/mol. The SMILES string of the molecule is C=CC(F)(F)C(=N)/C(=C\[NH2+]C1C=CC=CC1)C(=O)NCCNC(=O)c1ccc(OC)nc1. The largest absolute Gasteiger partial charge is 0.481 e. The number of carbonyl (C=O) groups is 2. The van der Waals surface area contributed by atoms with Crippen molar-refractivity contribution in [2.45, 2.75) is 18.4 Å². The van der Waals surface area contributed by atoms with Gasteiger partial charge in [0.2, 0.25) is 5.88 Å². The lowest BCUT2D eigenvalue weighted by atomic mass is 10.0. The monoisotopic (exact) mass is 446 g/mol. The molecule has 1 heterocycles. The van der Waals surface area contributed by atoms with E-state index in [4.69, 9.17) is 10.1 Å². The zero-order valence-electron chi connectivity index (χ0n) is 17.6. The van der Waals surface area contributed by atoms with Crippen LogP contribution in [0.3, 0.4) is 0 Å². The first-order chi connectivity index (χ1) is 15.3. The summed E-state index contributed by atoms with van der Waals surface area (Å²) in [5.74, 6) is -4.55. The molecule has 0 saturated carbocycles. The Hall–Kier alpha value is -3.66. The van der Waals surface area contributed by atoms with E-state index in [1.165, 1.54) is 31.6 Å². The molecule has 5 N–H and O–H groups in total. The quantitative estimate of drug-likeness (QED) is 0.176. The highest BCUT2D eigenvalue weighted by Crippen LogP contribution is 2.20. The van der Waals surface area contributed by atoms with Crippen LogP contribution >= 0.6 is 0 Å². The Morgan fingerprint density at radius 3 is 2.69 bits per heavy atom. The highest BCUT2D eigenvalue weighted by molar-refractivity contribution is 6.23. The van der Waals surface area contributed by atoms with Crippen LogP contribution in [0.15, 0.2) is 67.1 Å². The Bertz CT molecular complexity index is 939. The third-order valence-electron chi connectivity index (χ3n) is 4.53. The van der Waals surface area contributed by atoms with Crippen molar-refractivity contribution in [1.82, 2.24) is 15.6 Å². The molecule has 0 saturated heterocycles. The van der Waals surface area contributed by atoms with Crippen LogP contribution in [0.2, 0.25) is 0 Å². The molecule has 2 rings (SSSR count). The molecule has 2 amide bonds. The number of pyridine rings is 1. The second-order valence-corrected chi connectivity index (χ2v) is 6.79. The zero-order chi connectivity index (χ0) is 23.6. The van der Waals surface area contributed by atoms with E-state index in [-0.39, 0.29) is 19.1 Å². The van der Waals surface area contributed by atoms with Crippen LogP contribution in [0.5, 0.6) is 5.88 Å². The van der Waals surface area contributed by atoms with Crippen LogP contribution in [0, 0.1) is 5.41 Å². The van der Waals surface area contributed by atoms with E-state index in [0.717, 1.165) is 0 Å². The molecule has 0 fully saturated rings. The molecule has 1 aromatic rings. The number of nitrogens with two attached hydrogens (primary N) is 1. The van der Waals surface area contributed by atoms with E-state index in [1.807, 2.05) is 24.3 Å². The summed E-state index contributed by atoms with van der Waals surface area (Å²) >= 11 is 0. The molecule has 0 aliphatic heterocycles. The number of halogens is 2. The number of carbonyl (C=O) groups excluding carboxylic acids is 2. The number of nitrogens with one attached hydrogen (secondary N) is 3. The lowest BCUT2D eigenvalue weighted by Crippen LogP contribution is -2.84. The van der Waals surface area contributed by atoms with E-state index < -0.39 is 29.0 Å². The molecule has 1 aliphatic carbocycles. The highest BCUT2D eigenvalue weighted by Gasteiger charge is 2.36. The summed E-state index contributed by atoms with van der Waals surface area (Å²) in [4.78, 5) is 28.6. The van der Waals surface area contributed by atoms with Crippen molar-refractivity contribution in [3.05, 3.63) is 72.6 Å². The van der Waals surface area contributed by atoms with Crippen molar-refractivity contribution in [3.63, 3.8) is 0 Å². The number of aromatic nitrogens is 1. The number of alkyl halides is 2. The Balaban J connectivity index is 1.95. The second kappa shape index (κ2) is 11.7. The molecule has 32 heavy (non-hydrogen) atoms. The minimum atomic E-state index is -3.66. The van der Waals surface area contributed by atoms with Crippen LogP contribution < -0.4 is 20.7 Å². The van der Waals surface area contributed by atoms with Gasteiger partial charge in [-0.3, -0.25) is 15.0 Å². The average molecular weight is 446 g/mol. The molecule has 1 aromatic heterocycles. The number of hydrogen-bond donors (Lipinski definition) is 4. The third-order valence-corrected chi connectivity index (χ3v) is 4.53. The fraction of sp³-hybridized carbons (Fsp3) is 0.273. The molecule has 0 spiro atoms. The number of amides is 2. The first-order valence-electron chi connectivity index (χ1n) is 9.84. The Labute approximate surface area is 184 Å². The zero-order valence-corrected chi connectivity index (χ0v) is 17.6. The summed E-state index contributed by atoms with van der Waals surface area (Å²) in [6.45, 7) is 3.07. The Kier molecular flexibility index (Phi) is 8.96. The summed E-state index contributed by atoms with van der Waals surface area (Å²) in [5, 5.41) is 14.4. The first-order valence-corrected chi connectivity index (χ1v) is 9.84. The van der Waals surface area contributed by atoms with Gasteiger partial charge in [-0.1, -0.05) is 24.8 Å². The van der Waals surface area contributed by atoms with Crippen molar-refractivity contribution >= 4 is 17.5 Å². The topological polar surface area (TPSA) is 121 Å². The van der Waals surface area contributed by atoms with E-state index in [2.05, 4.69) is 22.2 Å². The molecular formula is C22H26F2N5O3+. The normalized spacial score (nSPS) is 15.7. The number of quaternary nitrogens is 1. The minimum Gasteiger partial charge on any atom is -0.481 e. The fourth-order valence-electron chi connectivity index (χ4n) is 2.70. The maximum Gasteiger partial charge on any atom is 0.308 e. The predicted octanol–water partition coefficient (Wildman–Crippen LogP) is 1.11. The smallest absolute Gasteiger partial charge is 0.308 e. The van der Waals surface area contributed by atoms with Crippen LogP contribution in [0.1, 0.15) is 16.8 Å². The highest BCUT2D eigenvalue weighted by atomic mass is 19.3. The molecule has 170 valence electrons. The molecule has 0 bridgehead atoms. The van der Waals surface area contributed by atoms with Gasteiger partial charge in [-0.15, -0.1) is 0 Å². The van der Waals surface area contributed by atoms with Crippen LogP contribution in [-0.2, 0) is 4.79 Å². The number of nitrogens with zero attached hydrogens (tertiary/aromatic N) is 1. The van der Waals surface area contributed by atoms with Crippen molar-refractivity contribution in [3.8, 4) is 5.88 Å². The van der Waals surface area contributed by atoms with Gasteiger partial charge in [0.25, 0.3) is 11.8 Å². The van der Waals surface area contributed by atoms with E-state index in [0.29, 0.717) is 23.9 Å². The fourth-order valence-corrected chi connectivity index (χ4v) is 2.70. The molecule has 1 atom stereocenters. The predicted molar refractivity (Wildman–Crippen MR) is 116 cm³/mol. The van der Waals surface area contributed by atoms with Gasteiger partial charge in [-0.25, -0.2) is 4.98 Å². The van der Waals surface area contributed by atoms with Gasteiger partial charge in [0.1, 0.15) is 23.5 Å². The maximum absolute atomic E-state index is 14.0. The lowest BCUT2D eigenvalue weighted by Gasteiger charge is -2.16. The van der Waals surface area contributed by atoms with Crippen LogP contribution in [0.25, 0.3) is 0 Å². The van der Waals surface area contributed by atoms with Crippen molar-refractivity contribution in [2.24, 2.45) is 0 Å². The first kappa shape index (κ1) is 24.6. The molecule has 0 radical (unpaired) electrons. The molecule has 1 aliphatic rings. The minimum absolute atomic E-state index is 0.0233. The summed E-state index contributed by atoms with van der Waals surface area (Å²) in [6.07, 6.45) is 11.0. The maximum atomic E-state index is 14.0. The number of rotatable bonds is 11. The van der Waals surface area contributed by atoms with Crippen molar-refractivity contribution in [2.75, 3.05) is 20.2 Å². The molecule has 1 unspecified atom stereocenters. The summed E-state index contributed by atoms with van der Waals surface area (Å²) in [5.41, 5.74) is -1.32. The van der Waals surface area contributed by atoms with E-state index >= 15 is 0 Å². The van der Waals surface area contributed by atoms with Gasteiger partial charge in [-0.05, 0) is 18.2 Å². The van der Waals surface area contributed by atoms with Gasteiger partial charge in [0, 0.05) is 31.8 Å². The number of methoxy groups -OCH3 is 1. The lowest BCUT2D eigenvalue weighted by molar-refractivity contribution is -0.614. The van der Waals surface area contributed by atoms with Gasteiger partial charge in [0.15, 0.2) is 0 Å². The second-order valence-electron chi connectivity index (χ2n) is 6.79. The van der Waals surface area contributed by atoms with Gasteiger partial charge < -0.3 is 20.7 Å². The van der Waals surface area contributed by atoms with Crippen LogP contribution in [0.4, 0.5) is 8.78 Å². The third kappa shape index (κ3) is 6.95.